The van der Waals surface area contributed by atoms with Crippen molar-refractivity contribution in [3.63, 3.8) is 0 Å². The molecule has 0 aliphatic carbocycles. The first kappa shape index (κ1) is 30.1. The maximum atomic E-state index is 13.3. The Morgan fingerprint density at radius 3 is 2.50 bits per heavy atom. The Morgan fingerprint density at radius 1 is 1.02 bits per heavy atom. The van der Waals surface area contributed by atoms with E-state index in [1.165, 1.54) is 0 Å². The third-order valence-electron chi connectivity index (χ3n) is 7.71. The van der Waals surface area contributed by atoms with Gasteiger partial charge in [-0.3, -0.25) is 9.62 Å². The van der Waals surface area contributed by atoms with Gasteiger partial charge in [0, 0.05) is 52.3 Å². The maximum absolute atomic E-state index is 13.3. The number of nitrogens with one attached hydrogen (secondary N) is 3. The van der Waals surface area contributed by atoms with Crippen LogP contribution < -0.4 is 14.8 Å². The minimum absolute atomic E-state index is 0.0859. The number of nitrogens with zero attached hydrogens (tertiary/aromatic N) is 1. The fourth-order valence-corrected chi connectivity index (χ4v) is 7.44. The van der Waals surface area contributed by atoms with Gasteiger partial charge in [-0.15, -0.1) is 11.3 Å². The molecule has 11 heteroatoms. The number of anilines is 1. The van der Waals surface area contributed by atoms with Crippen molar-refractivity contribution in [3.8, 4) is 16.3 Å². The van der Waals surface area contributed by atoms with Crippen LogP contribution in [0.5, 0.6) is 5.88 Å². The number of H-pyrrole nitrogens is 1. The zero-order chi connectivity index (χ0) is 30.9. The summed E-state index contributed by atoms with van der Waals surface area (Å²) in [5, 5.41) is 4.65. The van der Waals surface area contributed by atoms with E-state index < -0.39 is 16.1 Å². The van der Waals surface area contributed by atoms with Crippen LogP contribution in [0.4, 0.5) is 10.5 Å². The van der Waals surface area contributed by atoms with E-state index in [9.17, 15) is 13.2 Å². The first-order chi connectivity index (χ1) is 21.1. The molecule has 1 aliphatic rings. The van der Waals surface area contributed by atoms with E-state index in [2.05, 4.69) is 46.8 Å². The Morgan fingerprint density at radius 2 is 1.77 bits per heavy atom. The van der Waals surface area contributed by atoms with Crippen LogP contribution in [0.1, 0.15) is 26.3 Å². The first-order valence-corrected chi connectivity index (χ1v) is 16.9. The van der Waals surface area contributed by atoms with Gasteiger partial charge in [-0.25, -0.2) is 13.2 Å². The molecule has 1 aliphatic heterocycles. The number of rotatable bonds is 8. The monoisotopic (exact) mass is 632 g/mol. The number of fused-ring (bicyclic) bond motifs is 2. The normalized spacial score (nSPS) is 14.6. The summed E-state index contributed by atoms with van der Waals surface area (Å²) in [6, 6.07) is 22.3. The van der Waals surface area contributed by atoms with Crippen molar-refractivity contribution in [1.29, 1.82) is 0 Å². The molecular formula is C33H36N4O5S2. The van der Waals surface area contributed by atoms with Crippen molar-refractivity contribution < 1.29 is 22.7 Å². The number of aromatic amines is 1. The van der Waals surface area contributed by atoms with Crippen LogP contribution in [0.25, 0.3) is 31.4 Å². The van der Waals surface area contributed by atoms with Crippen molar-refractivity contribution in [2.24, 2.45) is 0 Å². The van der Waals surface area contributed by atoms with E-state index in [1.807, 2.05) is 36.4 Å². The Labute approximate surface area is 261 Å². The molecule has 0 atom stereocenters. The van der Waals surface area contributed by atoms with Crippen molar-refractivity contribution in [2.75, 3.05) is 44.1 Å². The molecule has 9 nitrogen and oxygen atoms in total. The van der Waals surface area contributed by atoms with Crippen molar-refractivity contribution >= 4 is 54.1 Å². The molecule has 0 radical (unpaired) electrons. The molecule has 3 heterocycles. The molecular weight excluding hydrogens is 597 g/mol. The lowest BCUT2D eigenvalue weighted by Crippen LogP contribution is -2.41. The van der Waals surface area contributed by atoms with E-state index in [0.29, 0.717) is 49.0 Å². The van der Waals surface area contributed by atoms with Crippen molar-refractivity contribution in [3.05, 3.63) is 78.4 Å². The SMILES string of the molecule is CC(C)(C)c1ccc(S(=O)(=O)Nc2ccc3[nH]c(OC(=O)NCCN4CCOCC4)c(-c4cc5ccccc5s4)c3c2)cc1. The number of hydrogen-bond acceptors (Lipinski definition) is 7. The highest BCUT2D eigenvalue weighted by Crippen LogP contribution is 2.43. The number of aromatic nitrogens is 1. The van der Waals surface area contributed by atoms with Crippen molar-refractivity contribution in [2.45, 2.75) is 31.1 Å². The average molecular weight is 633 g/mol. The average Bonchev–Trinajstić information content (AvgIpc) is 3.57. The van der Waals surface area contributed by atoms with Gasteiger partial charge < -0.3 is 19.8 Å². The van der Waals surface area contributed by atoms with Crippen LogP contribution in [0.2, 0.25) is 0 Å². The van der Waals surface area contributed by atoms with E-state index >= 15 is 0 Å². The van der Waals surface area contributed by atoms with E-state index in [4.69, 9.17) is 9.47 Å². The number of carbonyl (C=O) groups excluding carboxylic acids is 1. The van der Waals surface area contributed by atoms with Gasteiger partial charge >= 0.3 is 6.09 Å². The minimum atomic E-state index is -3.84. The molecule has 3 aromatic carbocycles. The van der Waals surface area contributed by atoms with Crippen molar-refractivity contribution in [1.82, 2.24) is 15.2 Å². The topological polar surface area (TPSA) is 113 Å². The predicted molar refractivity (Wildman–Crippen MR) is 176 cm³/mol. The highest BCUT2D eigenvalue weighted by atomic mass is 32.2. The lowest BCUT2D eigenvalue weighted by atomic mass is 9.87. The third kappa shape index (κ3) is 6.61. The molecule has 0 unspecified atom stereocenters. The first-order valence-electron chi connectivity index (χ1n) is 14.6. The second-order valence-corrected chi connectivity index (χ2v) is 14.7. The van der Waals surface area contributed by atoms with Gasteiger partial charge in [0.05, 0.1) is 23.7 Å². The minimum Gasteiger partial charge on any atom is -0.393 e. The summed E-state index contributed by atoms with van der Waals surface area (Å²) in [6.07, 6.45) is -0.563. The van der Waals surface area contributed by atoms with Crippen LogP contribution in [-0.2, 0) is 20.2 Å². The Kier molecular flexibility index (Phi) is 8.38. The summed E-state index contributed by atoms with van der Waals surface area (Å²) in [7, 11) is -3.84. The van der Waals surface area contributed by atoms with Crippen LogP contribution in [0.3, 0.4) is 0 Å². The third-order valence-corrected chi connectivity index (χ3v) is 10.2. The number of sulfonamides is 1. The molecule has 230 valence electrons. The van der Waals surface area contributed by atoms with Gasteiger partial charge in [-0.05, 0) is 58.8 Å². The van der Waals surface area contributed by atoms with Gasteiger partial charge in [0.1, 0.15) is 0 Å². The molecule has 5 aromatic rings. The van der Waals surface area contributed by atoms with Gasteiger partial charge in [0.25, 0.3) is 10.0 Å². The standard InChI is InChI=1S/C33H36N4O5S2/c1-33(2,3)23-8-11-25(12-9-23)44(39,40)36-24-10-13-27-26(21-24)30(29-20-22-6-4-5-7-28(22)43-29)31(35-27)42-32(38)34-14-15-37-16-18-41-19-17-37/h4-13,20-21,35-36H,14-19H2,1-3H3,(H,34,38). The molecule has 1 amide bonds. The molecule has 1 fully saturated rings. The van der Waals surface area contributed by atoms with E-state index in [0.717, 1.165) is 39.0 Å². The second-order valence-electron chi connectivity index (χ2n) is 11.9. The van der Waals surface area contributed by atoms with E-state index in [-0.39, 0.29) is 10.3 Å². The molecule has 1 saturated heterocycles. The zero-order valence-corrected chi connectivity index (χ0v) is 26.6. The largest absolute Gasteiger partial charge is 0.413 e. The van der Waals surface area contributed by atoms with Crippen LogP contribution in [0, 0.1) is 0 Å². The zero-order valence-electron chi connectivity index (χ0n) is 25.0. The van der Waals surface area contributed by atoms with Gasteiger partial charge in [-0.1, -0.05) is 51.1 Å². The number of thiophene rings is 1. The summed E-state index contributed by atoms with van der Waals surface area (Å²) in [5.74, 6) is 0.299. The fraction of sp³-hybridized carbons (Fsp3) is 0.303. The summed E-state index contributed by atoms with van der Waals surface area (Å²) in [4.78, 5) is 19.4. The van der Waals surface area contributed by atoms with Crippen LogP contribution in [-0.4, -0.2) is 63.8 Å². The quantitative estimate of drug-likeness (QED) is 0.178. The Hall–Kier alpha value is -3.90. The predicted octanol–water partition coefficient (Wildman–Crippen LogP) is 6.57. The smallest absolute Gasteiger partial charge is 0.393 e. The van der Waals surface area contributed by atoms with Crippen LogP contribution in [0.15, 0.2) is 77.7 Å². The number of carbonyl (C=O) groups is 1. The number of ether oxygens (including phenoxy) is 2. The van der Waals surface area contributed by atoms with Gasteiger partial charge in [-0.2, -0.15) is 0 Å². The molecule has 6 rings (SSSR count). The van der Waals surface area contributed by atoms with Gasteiger partial charge in [0.15, 0.2) is 0 Å². The molecule has 44 heavy (non-hydrogen) atoms. The highest BCUT2D eigenvalue weighted by Gasteiger charge is 2.22. The molecule has 3 N–H and O–H groups in total. The number of benzene rings is 3. The van der Waals surface area contributed by atoms with Crippen LogP contribution >= 0.6 is 11.3 Å². The molecule has 0 spiro atoms. The molecule has 0 saturated carbocycles. The summed E-state index contributed by atoms with van der Waals surface area (Å²) in [6.45, 7) is 10.5. The number of amides is 1. The Balaban J connectivity index is 1.29. The highest BCUT2D eigenvalue weighted by molar-refractivity contribution is 7.92. The lowest BCUT2D eigenvalue weighted by Gasteiger charge is -2.26. The molecule has 2 aromatic heterocycles. The fourth-order valence-electron chi connectivity index (χ4n) is 5.27. The van der Waals surface area contributed by atoms with E-state index in [1.54, 1.807) is 41.7 Å². The molecule has 0 bridgehead atoms. The number of hydrogen-bond donors (Lipinski definition) is 3. The lowest BCUT2D eigenvalue weighted by molar-refractivity contribution is 0.0385. The van der Waals surface area contributed by atoms with Gasteiger partial charge in [0.2, 0.25) is 5.88 Å². The second kappa shape index (κ2) is 12.2. The maximum Gasteiger partial charge on any atom is 0.413 e. The number of morpholine rings is 1. The Bertz CT molecular complexity index is 1870. The summed E-state index contributed by atoms with van der Waals surface area (Å²) >= 11 is 1.58. The summed E-state index contributed by atoms with van der Waals surface area (Å²) in [5.41, 5.74) is 2.78. The summed E-state index contributed by atoms with van der Waals surface area (Å²) < 4.78 is 41.7.